The average Bonchev–Trinajstić information content (AvgIpc) is 2.74. The van der Waals surface area contributed by atoms with Crippen LogP contribution in [0.4, 0.5) is 0 Å². The predicted octanol–water partition coefficient (Wildman–Crippen LogP) is 1.99. The molecular weight excluding hydrogens is 286 g/mol. The maximum absolute atomic E-state index is 11.6. The number of hydrogen-bond donors (Lipinski definition) is 1. The highest BCUT2D eigenvalue weighted by Gasteiger charge is 2.17. The van der Waals surface area contributed by atoms with Gasteiger partial charge in [-0.15, -0.1) is 11.3 Å². The lowest BCUT2D eigenvalue weighted by molar-refractivity contribution is 0.569. The molecule has 0 aliphatic carbocycles. The van der Waals surface area contributed by atoms with E-state index < -0.39 is 11.2 Å². The van der Waals surface area contributed by atoms with Crippen LogP contribution < -0.4 is 11.2 Å². The molecule has 0 amide bonds. The predicted molar refractivity (Wildman–Crippen MR) is 76.2 cm³/mol. The van der Waals surface area contributed by atoms with Crippen molar-refractivity contribution in [2.45, 2.75) is 32.7 Å². The van der Waals surface area contributed by atoms with E-state index >= 15 is 0 Å². The van der Waals surface area contributed by atoms with E-state index in [1.54, 1.807) is 0 Å². The van der Waals surface area contributed by atoms with Gasteiger partial charge in [0, 0.05) is 17.0 Å². The molecule has 0 aliphatic rings. The van der Waals surface area contributed by atoms with Gasteiger partial charge in [-0.3, -0.25) is 14.3 Å². The van der Waals surface area contributed by atoms with Crippen molar-refractivity contribution in [3.63, 3.8) is 0 Å². The van der Waals surface area contributed by atoms with Gasteiger partial charge in [0.15, 0.2) is 0 Å². The van der Waals surface area contributed by atoms with Crippen molar-refractivity contribution in [3.8, 4) is 0 Å². The average molecular weight is 300 g/mol. The van der Waals surface area contributed by atoms with Crippen LogP contribution in [-0.4, -0.2) is 14.5 Å². The molecule has 2 rings (SSSR count). The van der Waals surface area contributed by atoms with E-state index in [1.807, 2.05) is 5.38 Å². The van der Waals surface area contributed by atoms with Gasteiger partial charge in [-0.25, -0.2) is 9.78 Å². The van der Waals surface area contributed by atoms with Crippen molar-refractivity contribution in [1.29, 1.82) is 0 Å². The van der Waals surface area contributed by atoms with Crippen LogP contribution in [0.2, 0.25) is 5.02 Å². The second-order valence-corrected chi connectivity index (χ2v) is 6.59. The number of aromatic amines is 1. The molecule has 2 heterocycles. The molecule has 0 saturated carbocycles. The molecule has 0 unspecified atom stereocenters. The molecule has 0 radical (unpaired) electrons. The lowest BCUT2D eigenvalue weighted by Gasteiger charge is -2.14. The van der Waals surface area contributed by atoms with E-state index in [9.17, 15) is 9.59 Å². The van der Waals surface area contributed by atoms with Gasteiger partial charge in [0.2, 0.25) is 0 Å². The molecule has 0 atom stereocenters. The summed E-state index contributed by atoms with van der Waals surface area (Å²) in [5, 5.41) is 2.77. The number of nitrogens with one attached hydrogen (secondary N) is 1. The summed E-state index contributed by atoms with van der Waals surface area (Å²) in [7, 11) is 0. The Bertz CT molecular complexity index is 709. The van der Waals surface area contributed by atoms with Crippen LogP contribution in [0.1, 0.15) is 31.5 Å². The van der Waals surface area contributed by atoms with E-state index in [0.29, 0.717) is 6.54 Å². The number of aromatic nitrogens is 3. The summed E-state index contributed by atoms with van der Waals surface area (Å²) in [6, 6.07) is 0. The number of hydrogen-bond acceptors (Lipinski definition) is 4. The van der Waals surface area contributed by atoms with Crippen molar-refractivity contribution in [1.82, 2.24) is 14.5 Å². The Kier molecular flexibility index (Phi) is 3.64. The fraction of sp³-hybridized carbons (Fsp3) is 0.417. The first-order valence-electron chi connectivity index (χ1n) is 5.71. The zero-order valence-electron chi connectivity index (χ0n) is 10.9. The minimum Gasteiger partial charge on any atom is -0.292 e. The summed E-state index contributed by atoms with van der Waals surface area (Å²) in [6.45, 7) is 6.54. The molecular formula is C12H14ClN3O2S. The second kappa shape index (κ2) is 4.94. The van der Waals surface area contributed by atoms with Crippen LogP contribution >= 0.6 is 22.9 Å². The third-order valence-corrected chi connectivity index (χ3v) is 3.70. The molecule has 0 fully saturated rings. The first-order chi connectivity index (χ1) is 8.77. The van der Waals surface area contributed by atoms with Crippen LogP contribution in [0.25, 0.3) is 0 Å². The molecule has 7 heteroatoms. The largest absolute Gasteiger partial charge is 0.328 e. The lowest BCUT2D eigenvalue weighted by atomic mass is 9.93. The highest BCUT2D eigenvalue weighted by atomic mass is 35.5. The minimum absolute atomic E-state index is 0.00722. The van der Waals surface area contributed by atoms with Gasteiger partial charge < -0.3 is 0 Å². The van der Waals surface area contributed by atoms with Gasteiger partial charge in [-0.05, 0) is 0 Å². The highest BCUT2D eigenvalue weighted by molar-refractivity contribution is 7.09. The standard InChI is InChI=1S/C12H14ClN3O2S/c1-12(2,3)8-6-19-9(14-8)5-16-4-7(13)10(17)15-11(16)18/h4,6H,5H2,1-3H3,(H,15,17,18). The first kappa shape index (κ1) is 14.0. The maximum Gasteiger partial charge on any atom is 0.328 e. The summed E-state index contributed by atoms with van der Waals surface area (Å²) in [6.07, 6.45) is 1.33. The summed E-state index contributed by atoms with van der Waals surface area (Å²) in [4.78, 5) is 29.4. The molecule has 0 saturated heterocycles. The summed E-state index contributed by atoms with van der Waals surface area (Å²) < 4.78 is 1.34. The monoisotopic (exact) mass is 299 g/mol. The van der Waals surface area contributed by atoms with Gasteiger partial charge in [0.05, 0.1) is 12.2 Å². The number of rotatable bonds is 2. The van der Waals surface area contributed by atoms with Crippen LogP contribution in [0, 0.1) is 0 Å². The summed E-state index contributed by atoms with van der Waals surface area (Å²) >= 11 is 7.19. The summed E-state index contributed by atoms with van der Waals surface area (Å²) in [5.41, 5.74) is -0.0991. The zero-order chi connectivity index (χ0) is 14.2. The lowest BCUT2D eigenvalue weighted by Crippen LogP contribution is -2.30. The number of halogens is 1. The van der Waals surface area contributed by atoms with Crippen molar-refractivity contribution in [3.05, 3.63) is 48.1 Å². The Labute approximate surface area is 118 Å². The van der Waals surface area contributed by atoms with Crippen LogP contribution in [-0.2, 0) is 12.0 Å². The van der Waals surface area contributed by atoms with Crippen molar-refractivity contribution >= 4 is 22.9 Å². The van der Waals surface area contributed by atoms with Crippen molar-refractivity contribution in [2.75, 3.05) is 0 Å². The third-order valence-electron chi connectivity index (χ3n) is 2.59. The van der Waals surface area contributed by atoms with Crippen LogP contribution in [0.3, 0.4) is 0 Å². The number of thiazole rings is 1. The third kappa shape index (κ3) is 3.13. The molecule has 2 aromatic rings. The molecule has 0 spiro atoms. The summed E-state index contributed by atoms with van der Waals surface area (Å²) in [5.74, 6) is 0. The van der Waals surface area contributed by atoms with Crippen LogP contribution in [0.15, 0.2) is 21.2 Å². The quantitative estimate of drug-likeness (QED) is 0.922. The SMILES string of the molecule is CC(C)(C)c1csc(Cn2cc(Cl)c(=O)[nH]c2=O)n1. The van der Waals surface area contributed by atoms with E-state index in [1.165, 1.54) is 22.1 Å². The highest BCUT2D eigenvalue weighted by Crippen LogP contribution is 2.24. The van der Waals surface area contributed by atoms with E-state index in [-0.39, 0.29) is 10.4 Å². The Morgan fingerprint density at radius 1 is 1.42 bits per heavy atom. The molecule has 0 aromatic carbocycles. The molecule has 102 valence electrons. The Morgan fingerprint density at radius 2 is 2.11 bits per heavy atom. The smallest absolute Gasteiger partial charge is 0.292 e. The zero-order valence-corrected chi connectivity index (χ0v) is 12.4. The number of H-pyrrole nitrogens is 1. The Hall–Kier alpha value is -1.40. The van der Waals surface area contributed by atoms with Gasteiger partial charge in [-0.2, -0.15) is 0 Å². The fourth-order valence-electron chi connectivity index (χ4n) is 1.47. The Balaban J connectivity index is 2.32. The minimum atomic E-state index is -0.572. The van der Waals surface area contributed by atoms with Gasteiger partial charge in [-0.1, -0.05) is 32.4 Å². The molecule has 0 aliphatic heterocycles. The topological polar surface area (TPSA) is 67.8 Å². The van der Waals surface area contributed by atoms with E-state index in [4.69, 9.17) is 11.6 Å². The van der Waals surface area contributed by atoms with E-state index in [0.717, 1.165) is 10.7 Å². The van der Waals surface area contributed by atoms with Gasteiger partial charge in [0.25, 0.3) is 5.56 Å². The first-order valence-corrected chi connectivity index (χ1v) is 6.97. The van der Waals surface area contributed by atoms with Crippen molar-refractivity contribution in [2.24, 2.45) is 0 Å². The molecule has 1 N–H and O–H groups in total. The van der Waals surface area contributed by atoms with Gasteiger partial charge in [0.1, 0.15) is 10.0 Å². The van der Waals surface area contributed by atoms with Gasteiger partial charge >= 0.3 is 5.69 Å². The van der Waals surface area contributed by atoms with Crippen molar-refractivity contribution < 1.29 is 0 Å². The number of nitrogens with zero attached hydrogens (tertiary/aromatic N) is 2. The maximum atomic E-state index is 11.6. The molecule has 0 bridgehead atoms. The van der Waals surface area contributed by atoms with Crippen LogP contribution in [0.5, 0.6) is 0 Å². The molecule has 19 heavy (non-hydrogen) atoms. The molecule has 2 aromatic heterocycles. The Morgan fingerprint density at radius 3 is 2.68 bits per heavy atom. The fourth-order valence-corrected chi connectivity index (χ4v) is 2.66. The van der Waals surface area contributed by atoms with E-state index in [2.05, 4.69) is 30.7 Å². The molecule has 5 nitrogen and oxygen atoms in total. The normalized spacial score (nSPS) is 11.8. The second-order valence-electron chi connectivity index (χ2n) is 5.24.